The van der Waals surface area contributed by atoms with E-state index in [-0.39, 0.29) is 11.3 Å². The van der Waals surface area contributed by atoms with Crippen LogP contribution in [0.3, 0.4) is 0 Å². The fourth-order valence-corrected chi connectivity index (χ4v) is 0.930. The maximum Gasteiger partial charge on any atom is 0.483 e. The number of halogens is 2. The van der Waals surface area contributed by atoms with Crippen LogP contribution >= 0.6 is 0 Å². The summed E-state index contributed by atoms with van der Waals surface area (Å²) in [6, 6.07) is 5.01. The molecule has 0 aliphatic carbocycles. The predicted octanol–water partition coefficient (Wildman–Crippen LogP) is 0.461. The zero-order valence-electron chi connectivity index (χ0n) is 7.94. The number of carbonyl (C=O) groups is 2. The van der Waals surface area contributed by atoms with Crippen LogP contribution in [-0.4, -0.2) is 18.3 Å². The van der Waals surface area contributed by atoms with Crippen LogP contribution in [0.5, 0.6) is 5.75 Å². The SMILES string of the molecule is NNC(=O)C(F)(F)Oc1cccc(C=O)c1. The Balaban J connectivity index is 2.87. The van der Waals surface area contributed by atoms with Crippen LogP contribution in [0, 0.1) is 0 Å². The van der Waals surface area contributed by atoms with Crippen molar-refractivity contribution in [1.82, 2.24) is 5.43 Å². The number of nitrogens with one attached hydrogen (secondary N) is 1. The molecule has 1 rings (SSSR count). The summed E-state index contributed by atoms with van der Waals surface area (Å²) in [5.74, 6) is 2.47. The number of nitrogens with two attached hydrogens (primary N) is 1. The first-order chi connectivity index (χ1) is 7.49. The average Bonchev–Trinajstić information content (AvgIpc) is 2.27. The quantitative estimate of drug-likeness (QED) is 0.341. The van der Waals surface area contributed by atoms with Crippen molar-refractivity contribution in [3.63, 3.8) is 0 Å². The number of rotatable bonds is 4. The lowest BCUT2D eigenvalue weighted by Gasteiger charge is -2.15. The number of hydrogen-bond donors (Lipinski definition) is 2. The van der Waals surface area contributed by atoms with Gasteiger partial charge in [-0.3, -0.25) is 15.0 Å². The molecule has 5 nitrogen and oxygen atoms in total. The molecule has 1 amide bonds. The van der Waals surface area contributed by atoms with Crippen molar-refractivity contribution in [2.45, 2.75) is 6.11 Å². The molecular formula is C9H8F2N2O3. The van der Waals surface area contributed by atoms with Gasteiger partial charge in [-0.2, -0.15) is 8.78 Å². The normalized spacial score (nSPS) is 10.7. The van der Waals surface area contributed by atoms with Gasteiger partial charge in [0.1, 0.15) is 12.0 Å². The first-order valence-corrected chi connectivity index (χ1v) is 4.12. The van der Waals surface area contributed by atoms with E-state index >= 15 is 0 Å². The van der Waals surface area contributed by atoms with Crippen molar-refractivity contribution in [3.8, 4) is 5.75 Å². The second-order valence-electron chi connectivity index (χ2n) is 2.78. The van der Waals surface area contributed by atoms with Crippen molar-refractivity contribution in [2.75, 3.05) is 0 Å². The lowest BCUT2D eigenvalue weighted by Crippen LogP contribution is -2.47. The number of hydrazine groups is 1. The lowest BCUT2D eigenvalue weighted by atomic mass is 10.2. The van der Waals surface area contributed by atoms with Gasteiger partial charge in [-0.1, -0.05) is 12.1 Å². The third-order valence-electron chi connectivity index (χ3n) is 1.64. The summed E-state index contributed by atoms with van der Waals surface area (Å²) in [4.78, 5) is 21.0. The molecule has 0 fully saturated rings. The molecule has 3 N–H and O–H groups in total. The molecule has 0 aromatic heterocycles. The molecule has 86 valence electrons. The van der Waals surface area contributed by atoms with Crippen molar-refractivity contribution < 1.29 is 23.1 Å². The lowest BCUT2D eigenvalue weighted by molar-refractivity contribution is -0.192. The summed E-state index contributed by atoms with van der Waals surface area (Å²) < 4.78 is 30.0. The molecule has 0 heterocycles. The molecule has 0 aliphatic rings. The highest BCUT2D eigenvalue weighted by Crippen LogP contribution is 2.22. The highest BCUT2D eigenvalue weighted by Gasteiger charge is 2.41. The Morgan fingerprint density at radius 3 is 2.75 bits per heavy atom. The molecular weight excluding hydrogens is 222 g/mol. The molecule has 0 atom stereocenters. The smallest absolute Gasteiger partial charge is 0.425 e. The number of ether oxygens (including phenoxy) is 1. The zero-order chi connectivity index (χ0) is 12.2. The highest BCUT2D eigenvalue weighted by molar-refractivity contribution is 5.81. The van der Waals surface area contributed by atoms with Crippen molar-refractivity contribution >= 4 is 12.2 Å². The second kappa shape index (κ2) is 4.67. The minimum Gasteiger partial charge on any atom is -0.425 e. The second-order valence-corrected chi connectivity index (χ2v) is 2.78. The van der Waals surface area contributed by atoms with E-state index in [4.69, 9.17) is 0 Å². The Bertz CT molecular complexity index is 409. The van der Waals surface area contributed by atoms with Crippen molar-refractivity contribution in [3.05, 3.63) is 29.8 Å². The molecule has 0 spiro atoms. The van der Waals surface area contributed by atoms with Gasteiger partial charge in [-0.15, -0.1) is 0 Å². The zero-order valence-corrected chi connectivity index (χ0v) is 7.94. The number of alkyl halides is 2. The Hall–Kier alpha value is -2.02. The third kappa shape index (κ3) is 2.74. The maximum absolute atomic E-state index is 12.9. The van der Waals surface area contributed by atoms with E-state index in [1.54, 1.807) is 0 Å². The van der Waals surface area contributed by atoms with Gasteiger partial charge in [-0.05, 0) is 12.1 Å². The third-order valence-corrected chi connectivity index (χ3v) is 1.64. The van der Waals surface area contributed by atoms with Gasteiger partial charge in [0.05, 0.1) is 0 Å². The first-order valence-electron chi connectivity index (χ1n) is 4.12. The van der Waals surface area contributed by atoms with Crippen LogP contribution in [0.4, 0.5) is 8.78 Å². The molecule has 1 aromatic rings. The van der Waals surface area contributed by atoms with Gasteiger partial charge < -0.3 is 4.74 Å². The molecule has 7 heteroatoms. The van der Waals surface area contributed by atoms with Gasteiger partial charge in [0.15, 0.2) is 0 Å². The van der Waals surface area contributed by atoms with Crippen LogP contribution in [-0.2, 0) is 4.79 Å². The molecule has 0 bridgehead atoms. The number of aldehydes is 1. The van der Waals surface area contributed by atoms with E-state index in [2.05, 4.69) is 10.6 Å². The van der Waals surface area contributed by atoms with Crippen LogP contribution in [0.1, 0.15) is 10.4 Å². The molecule has 16 heavy (non-hydrogen) atoms. The van der Waals surface area contributed by atoms with Gasteiger partial charge >= 0.3 is 12.0 Å². The molecule has 1 aromatic carbocycles. The molecule has 0 aliphatic heterocycles. The summed E-state index contributed by atoms with van der Waals surface area (Å²) in [5, 5.41) is 0. The summed E-state index contributed by atoms with van der Waals surface area (Å²) in [5.41, 5.74) is 1.42. The van der Waals surface area contributed by atoms with E-state index in [1.165, 1.54) is 23.6 Å². The Labute approximate surface area is 89.2 Å². The van der Waals surface area contributed by atoms with Crippen LogP contribution in [0.25, 0.3) is 0 Å². The van der Waals surface area contributed by atoms with Gasteiger partial charge in [0.25, 0.3) is 0 Å². The largest absolute Gasteiger partial charge is 0.483 e. The van der Waals surface area contributed by atoms with Gasteiger partial charge in [0.2, 0.25) is 0 Å². The van der Waals surface area contributed by atoms with E-state index in [0.29, 0.717) is 6.29 Å². The van der Waals surface area contributed by atoms with Crippen LogP contribution < -0.4 is 16.0 Å². The Morgan fingerprint density at radius 2 is 2.19 bits per heavy atom. The Morgan fingerprint density at radius 1 is 1.50 bits per heavy atom. The number of benzene rings is 1. The maximum atomic E-state index is 12.9. The minimum absolute atomic E-state index is 0.154. The standard InChI is InChI=1S/C9H8F2N2O3/c10-9(11,8(15)13-12)16-7-3-1-2-6(4-7)5-14/h1-5H,12H2,(H,13,15). The number of carbonyl (C=O) groups excluding carboxylic acids is 2. The van der Waals surface area contributed by atoms with E-state index in [1.807, 2.05) is 0 Å². The first kappa shape index (κ1) is 12.1. The van der Waals surface area contributed by atoms with Gasteiger partial charge in [-0.25, -0.2) is 5.84 Å². The Kier molecular flexibility index (Phi) is 3.51. The summed E-state index contributed by atoms with van der Waals surface area (Å²) in [7, 11) is 0. The van der Waals surface area contributed by atoms with E-state index in [0.717, 1.165) is 6.07 Å². The predicted molar refractivity (Wildman–Crippen MR) is 49.7 cm³/mol. The van der Waals surface area contributed by atoms with Crippen LogP contribution in [0.15, 0.2) is 24.3 Å². The van der Waals surface area contributed by atoms with Crippen molar-refractivity contribution in [2.24, 2.45) is 5.84 Å². The topological polar surface area (TPSA) is 81.4 Å². The molecule has 0 radical (unpaired) electrons. The average molecular weight is 230 g/mol. The fraction of sp³-hybridized carbons (Fsp3) is 0.111. The monoisotopic (exact) mass is 230 g/mol. The molecule has 0 unspecified atom stereocenters. The van der Waals surface area contributed by atoms with E-state index in [9.17, 15) is 18.4 Å². The number of amides is 1. The summed E-state index contributed by atoms with van der Waals surface area (Å²) >= 11 is 0. The summed E-state index contributed by atoms with van der Waals surface area (Å²) in [6.07, 6.45) is -3.62. The molecule has 0 saturated heterocycles. The molecule has 0 saturated carbocycles. The fourth-order valence-electron chi connectivity index (χ4n) is 0.930. The minimum atomic E-state index is -4.09. The summed E-state index contributed by atoms with van der Waals surface area (Å²) in [6.45, 7) is 0. The van der Waals surface area contributed by atoms with E-state index < -0.39 is 12.0 Å². The number of hydrogen-bond acceptors (Lipinski definition) is 4. The van der Waals surface area contributed by atoms with Crippen LogP contribution in [0.2, 0.25) is 0 Å². The highest BCUT2D eigenvalue weighted by atomic mass is 19.3. The van der Waals surface area contributed by atoms with Gasteiger partial charge in [0, 0.05) is 5.56 Å². The van der Waals surface area contributed by atoms with Crippen molar-refractivity contribution in [1.29, 1.82) is 0 Å².